The molecule has 1 aromatic heterocycles. The quantitative estimate of drug-likeness (QED) is 0.910. The van der Waals surface area contributed by atoms with Gasteiger partial charge < -0.3 is 15.1 Å². The highest BCUT2D eigenvalue weighted by molar-refractivity contribution is 5.93. The van der Waals surface area contributed by atoms with Gasteiger partial charge in [-0.2, -0.15) is 0 Å². The number of amides is 1. The maximum atomic E-state index is 12.4. The largest absolute Gasteiger partial charge is 0.369 e. The third-order valence-corrected chi connectivity index (χ3v) is 4.73. The van der Waals surface area contributed by atoms with Crippen LogP contribution in [0.5, 0.6) is 0 Å². The van der Waals surface area contributed by atoms with Crippen LogP contribution in [0, 0.1) is 6.92 Å². The van der Waals surface area contributed by atoms with Crippen LogP contribution in [0.2, 0.25) is 0 Å². The van der Waals surface area contributed by atoms with Crippen molar-refractivity contribution in [2.75, 3.05) is 37.6 Å². The lowest BCUT2D eigenvalue weighted by Crippen LogP contribution is -2.46. The Morgan fingerprint density at radius 2 is 1.84 bits per heavy atom. The predicted molar refractivity (Wildman–Crippen MR) is 101 cm³/mol. The molecule has 2 heterocycles. The van der Waals surface area contributed by atoms with Gasteiger partial charge in [-0.1, -0.05) is 36.8 Å². The van der Waals surface area contributed by atoms with E-state index >= 15 is 0 Å². The van der Waals surface area contributed by atoms with E-state index in [1.54, 1.807) is 6.20 Å². The molecule has 0 bridgehead atoms. The minimum atomic E-state index is -0.130. The summed E-state index contributed by atoms with van der Waals surface area (Å²) in [6.45, 7) is 9.96. The molecular weight excluding hydrogens is 312 g/mol. The first-order valence-corrected chi connectivity index (χ1v) is 8.93. The Balaban J connectivity index is 1.60. The van der Waals surface area contributed by atoms with Gasteiger partial charge in [0.25, 0.3) is 5.91 Å². The molecule has 2 aromatic rings. The molecule has 1 amide bonds. The van der Waals surface area contributed by atoms with Gasteiger partial charge in [0.15, 0.2) is 0 Å². The van der Waals surface area contributed by atoms with Crippen LogP contribution in [0.1, 0.15) is 28.5 Å². The molecule has 5 heteroatoms. The fourth-order valence-electron chi connectivity index (χ4n) is 3.04. The molecule has 0 atom stereocenters. The summed E-state index contributed by atoms with van der Waals surface area (Å²) in [4.78, 5) is 21.4. The molecule has 1 aliphatic heterocycles. The Labute approximate surface area is 149 Å². The van der Waals surface area contributed by atoms with Crippen molar-refractivity contribution >= 4 is 11.6 Å². The van der Waals surface area contributed by atoms with Crippen LogP contribution < -0.4 is 10.2 Å². The molecule has 5 nitrogen and oxygen atoms in total. The van der Waals surface area contributed by atoms with E-state index in [4.69, 9.17) is 0 Å². The summed E-state index contributed by atoms with van der Waals surface area (Å²) in [5.74, 6) is -0.130. The second-order valence-corrected chi connectivity index (χ2v) is 6.49. The third-order valence-electron chi connectivity index (χ3n) is 4.73. The van der Waals surface area contributed by atoms with Gasteiger partial charge in [0, 0.05) is 44.6 Å². The van der Waals surface area contributed by atoms with Gasteiger partial charge in [0.05, 0.1) is 0 Å². The van der Waals surface area contributed by atoms with E-state index in [2.05, 4.69) is 46.1 Å². The Morgan fingerprint density at radius 1 is 1.12 bits per heavy atom. The van der Waals surface area contributed by atoms with E-state index in [-0.39, 0.29) is 5.91 Å². The Hall–Kier alpha value is -2.40. The molecule has 1 aliphatic rings. The van der Waals surface area contributed by atoms with Crippen LogP contribution in [0.15, 0.2) is 42.6 Å². The highest BCUT2D eigenvalue weighted by Gasteiger charge is 2.17. The molecule has 0 saturated carbocycles. The standard InChI is InChI=1S/C20H26N4O/c1-3-23-10-12-24(13-11-23)18-8-9-21-19(14-18)20(25)22-15-17-6-4-16(2)5-7-17/h4-9,14H,3,10-13,15H2,1-2H3,(H,22,25). The molecular formula is C20H26N4O. The molecule has 0 radical (unpaired) electrons. The number of aromatic nitrogens is 1. The van der Waals surface area contributed by atoms with Crippen molar-refractivity contribution in [3.63, 3.8) is 0 Å². The highest BCUT2D eigenvalue weighted by atomic mass is 16.1. The van der Waals surface area contributed by atoms with Crippen LogP contribution in [-0.2, 0) is 6.54 Å². The smallest absolute Gasteiger partial charge is 0.270 e. The summed E-state index contributed by atoms with van der Waals surface area (Å²) in [7, 11) is 0. The first-order chi connectivity index (χ1) is 12.2. The number of hydrogen-bond acceptors (Lipinski definition) is 4. The fourth-order valence-corrected chi connectivity index (χ4v) is 3.04. The van der Waals surface area contributed by atoms with E-state index in [1.165, 1.54) is 5.56 Å². The van der Waals surface area contributed by atoms with Crippen LogP contribution in [0.4, 0.5) is 5.69 Å². The summed E-state index contributed by atoms with van der Waals surface area (Å²) < 4.78 is 0. The van der Waals surface area contributed by atoms with Crippen molar-refractivity contribution in [1.82, 2.24) is 15.2 Å². The third kappa shape index (κ3) is 4.57. The number of rotatable bonds is 5. The van der Waals surface area contributed by atoms with E-state index < -0.39 is 0 Å². The monoisotopic (exact) mass is 338 g/mol. The highest BCUT2D eigenvalue weighted by Crippen LogP contribution is 2.17. The number of nitrogens with one attached hydrogen (secondary N) is 1. The lowest BCUT2D eigenvalue weighted by atomic mass is 10.1. The van der Waals surface area contributed by atoms with Crippen LogP contribution in [0.3, 0.4) is 0 Å². The summed E-state index contributed by atoms with van der Waals surface area (Å²) in [5, 5.41) is 2.95. The first kappa shape index (κ1) is 17.4. The molecule has 1 N–H and O–H groups in total. The second-order valence-electron chi connectivity index (χ2n) is 6.49. The number of carbonyl (C=O) groups excluding carboxylic acids is 1. The molecule has 3 rings (SSSR count). The van der Waals surface area contributed by atoms with Crippen LogP contribution >= 0.6 is 0 Å². The van der Waals surface area contributed by atoms with E-state index in [0.717, 1.165) is 44.0 Å². The zero-order chi connectivity index (χ0) is 17.6. The number of likely N-dealkylation sites (N-methyl/N-ethyl adjacent to an activating group) is 1. The molecule has 1 fully saturated rings. The Kier molecular flexibility index (Phi) is 5.66. The van der Waals surface area contributed by atoms with Gasteiger partial charge in [-0.3, -0.25) is 9.78 Å². The van der Waals surface area contributed by atoms with Crippen molar-refractivity contribution in [3.05, 3.63) is 59.4 Å². The molecule has 1 saturated heterocycles. The molecule has 0 aliphatic carbocycles. The lowest BCUT2D eigenvalue weighted by Gasteiger charge is -2.35. The number of pyridine rings is 1. The molecule has 1 aromatic carbocycles. The van der Waals surface area contributed by atoms with Crippen LogP contribution in [0.25, 0.3) is 0 Å². The summed E-state index contributed by atoms with van der Waals surface area (Å²) in [6.07, 6.45) is 1.72. The van der Waals surface area contributed by atoms with Gasteiger partial charge in [-0.25, -0.2) is 0 Å². The number of carbonyl (C=O) groups is 1. The average Bonchev–Trinajstić information content (AvgIpc) is 2.67. The van der Waals surface area contributed by atoms with E-state index in [1.807, 2.05) is 24.3 Å². The molecule has 0 spiro atoms. The van der Waals surface area contributed by atoms with Gasteiger partial charge in [-0.15, -0.1) is 0 Å². The van der Waals surface area contributed by atoms with Gasteiger partial charge >= 0.3 is 0 Å². The summed E-state index contributed by atoms with van der Waals surface area (Å²) >= 11 is 0. The zero-order valence-corrected chi connectivity index (χ0v) is 15.0. The van der Waals surface area contributed by atoms with Gasteiger partial charge in [-0.05, 0) is 31.2 Å². The summed E-state index contributed by atoms with van der Waals surface area (Å²) in [5.41, 5.74) is 3.85. The minimum absolute atomic E-state index is 0.130. The van der Waals surface area contributed by atoms with Crippen LogP contribution in [-0.4, -0.2) is 48.5 Å². The second kappa shape index (κ2) is 8.12. The Bertz CT molecular complexity index is 706. The number of benzene rings is 1. The molecule has 25 heavy (non-hydrogen) atoms. The number of aryl methyl sites for hydroxylation is 1. The van der Waals surface area contributed by atoms with Crippen molar-refractivity contribution in [2.24, 2.45) is 0 Å². The molecule has 132 valence electrons. The topological polar surface area (TPSA) is 48.5 Å². The summed E-state index contributed by atoms with van der Waals surface area (Å²) in [6, 6.07) is 12.1. The van der Waals surface area contributed by atoms with Gasteiger partial charge in [0.2, 0.25) is 0 Å². The lowest BCUT2D eigenvalue weighted by molar-refractivity contribution is 0.0946. The van der Waals surface area contributed by atoms with Gasteiger partial charge in [0.1, 0.15) is 5.69 Å². The maximum absolute atomic E-state index is 12.4. The average molecular weight is 338 g/mol. The van der Waals surface area contributed by atoms with Crippen molar-refractivity contribution < 1.29 is 4.79 Å². The van der Waals surface area contributed by atoms with E-state index in [9.17, 15) is 4.79 Å². The van der Waals surface area contributed by atoms with Crippen molar-refractivity contribution in [2.45, 2.75) is 20.4 Å². The fraction of sp³-hybridized carbons (Fsp3) is 0.400. The predicted octanol–water partition coefficient (Wildman–Crippen LogP) is 2.46. The minimum Gasteiger partial charge on any atom is -0.369 e. The Morgan fingerprint density at radius 3 is 2.52 bits per heavy atom. The van der Waals surface area contributed by atoms with E-state index in [0.29, 0.717) is 12.2 Å². The number of nitrogens with zero attached hydrogens (tertiary/aromatic N) is 3. The number of hydrogen-bond donors (Lipinski definition) is 1. The number of anilines is 1. The SMILES string of the molecule is CCN1CCN(c2ccnc(C(=O)NCc3ccc(C)cc3)c2)CC1. The number of piperazine rings is 1. The first-order valence-electron chi connectivity index (χ1n) is 8.93. The molecule has 0 unspecified atom stereocenters. The zero-order valence-electron chi connectivity index (χ0n) is 15.0. The van der Waals surface area contributed by atoms with Crippen molar-refractivity contribution in [3.8, 4) is 0 Å². The van der Waals surface area contributed by atoms with Crippen molar-refractivity contribution in [1.29, 1.82) is 0 Å². The normalized spacial score (nSPS) is 15.2. The maximum Gasteiger partial charge on any atom is 0.270 e.